The summed E-state index contributed by atoms with van der Waals surface area (Å²) in [4.78, 5) is 3.85. The lowest BCUT2D eigenvalue weighted by Gasteiger charge is -2.31. The zero-order valence-corrected chi connectivity index (χ0v) is 14.8. The highest BCUT2D eigenvalue weighted by Crippen LogP contribution is 2.39. The van der Waals surface area contributed by atoms with Gasteiger partial charge >= 0.3 is 6.18 Å². The fourth-order valence-corrected chi connectivity index (χ4v) is 4.02. The van der Waals surface area contributed by atoms with E-state index in [2.05, 4.69) is 10.1 Å². The lowest BCUT2D eigenvalue weighted by molar-refractivity contribution is -0.170. The molecule has 0 saturated carbocycles. The average molecular weight is 383 g/mol. The lowest BCUT2D eigenvalue weighted by atomic mass is 10.1. The molecule has 2 aromatic heterocycles. The number of aromatic nitrogens is 3. The van der Waals surface area contributed by atoms with Crippen molar-refractivity contribution < 1.29 is 17.4 Å². The first-order valence-electron chi connectivity index (χ1n) is 7.55. The molecule has 10 heteroatoms. The highest BCUT2D eigenvalue weighted by molar-refractivity contribution is 7.90. The predicted octanol–water partition coefficient (Wildman–Crippen LogP) is 3.59. The van der Waals surface area contributed by atoms with Gasteiger partial charge in [0.2, 0.25) is 0 Å². The van der Waals surface area contributed by atoms with Crippen LogP contribution in [0.1, 0.15) is 17.2 Å². The van der Waals surface area contributed by atoms with Crippen LogP contribution in [0, 0.1) is 11.7 Å². The summed E-state index contributed by atoms with van der Waals surface area (Å²) in [7, 11) is -2.87. The minimum Gasteiger partial charge on any atom is -0.236 e. The van der Waals surface area contributed by atoms with Crippen molar-refractivity contribution in [3.63, 3.8) is 0 Å². The summed E-state index contributed by atoms with van der Waals surface area (Å²) >= 11 is 0. The van der Waals surface area contributed by atoms with E-state index < -0.39 is 22.1 Å². The maximum absolute atomic E-state index is 13.7. The van der Waals surface area contributed by atoms with Gasteiger partial charge in [-0.05, 0) is 18.6 Å². The highest BCUT2D eigenvalue weighted by Gasteiger charge is 2.46. The van der Waals surface area contributed by atoms with E-state index in [1.165, 1.54) is 41.3 Å². The summed E-state index contributed by atoms with van der Waals surface area (Å²) in [6, 6.07) is 6.22. The number of rotatable bonds is 4. The van der Waals surface area contributed by atoms with Gasteiger partial charge in [-0.25, -0.2) is 22.8 Å². The smallest absolute Gasteiger partial charge is 0.236 e. The van der Waals surface area contributed by atoms with E-state index in [9.17, 15) is 17.4 Å². The molecule has 0 radical (unpaired) electrons. The Kier molecular flexibility index (Phi) is 4.49. The normalized spacial score (nSPS) is 15.9. The Bertz CT molecular complexity index is 1030. The Hall–Kier alpha value is -2.46. The Morgan fingerprint density at radius 1 is 1.23 bits per heavy atom. The summed E-state index contributed by atoms with van der Waals surface area (Å²) in [5.41, 5.74) is 1.03. The first-order valence-corrected chi connectivity index (χ1v) is 9.06. The molecule has 2 unspecified atom stereocenters. The molecule has 6 nitrogen and oxygen atoms in total. The second-order valence-electron chi connectivity index (χ2n) is 5.85. The van der Waals surface area contributed by atoms with Crippen molar-refractivity contribution in [1.82, 2.24) is 18.9 Å². The average Bonchev–Trinajstić information content (AvgIpc) is 3.03. The molecule has 0 saturated heterocycles. The fourth-order valence-electron chi connectivity index (χ4n) is 2.64. The van der Waals surface area contributed by atoms with Crippen molar-refractivity contribution >= 4 is 15.6 Å². The van der Waals surface area contributed by atoms with Crippen molar-refractivity contribution in [3.8, 4) is 0 Å². The molecule has 2 atom stereocenters. The van der Waals surface area contributed by atoms with Crippen LogP contribution in [0.25, 0.3) is 5.65 Å². The van der Waals surface area contributed by atoms with Gasteiger partial charge in [-0.2, -0.15) is 18.3 Å². The van der Waals surface area contributed by atoms with Crippen molar-refractivity contribution in [1.29, 1.82) is 4.78 Å². The molecule has 0 aliphatic carbocycles. The fraction of sp³-hybridized carbons (Fsp3) is 0.250. The molecule has 3 rings (SSSR count). The number of hydrogen-bond donors (Lipinski definition) is 1. The minimum absolute atomic E-state index is 0.0677. The van der Waals surface area contributed by atoms with Crippen LogP contribution < -0.4 is 0 Å². The summed E-state index contributed by atoms with van der Waals surface area (Å²) in [5.74, 6) is 0. The quantitative estimate of drug-likeness (QED) is 0.748. The lowest BCUT2D eigenvalue weighted by Crippen LogP contribution is -2.39. The second-order valence-corrected chi connectivity index (χ2v) is 7.95. The van der Waals surface area contributed by atoms with Crippen LogP contribution in [-0.4, -0.2) is 36.3 Å². The van der Waals surface area contributed by atoms with E-state index >= 15 is 0 Å². The third kappa shape index (κ3) is 3.29. The number of fused-ring (bicyclic) bond motifs is 1. The summed E-state index contributed by atoms with van der Waals surface area (Å²) in [6.07, 6.45) is -2.03. The van der Waals surface area contributed by atoms with Gasteiger partial charge in [-0.1, -0.05) is 29.8 Å². The summed E-state index contributed by atoms with van der Waals surface area (Å²) in [5, 5.41) is 3.87. The number of aryl methyl sites for hydroxylation is 1. The number of pyridine rings is 1. The van der Waals surface area contributed by atoms with Gasteiger partial charge < -0.3 is 0 Å². The molecule has 0 fully saturated rings. The van der Waals surface area contributed by atoms with E-state index in [-0.39, 0.29) is 10.5 Å². The molecule has 2 heterocycles. The number of nitrogens with zero attached hydrogens (tertiary/aromatic N) is 4. The zero-order chi connectivity index (χ0) is 19.1. The van der Waals surface area contributed by atoms with Crippen LogP contribution in [0.15, 0.2) is 53.8 Å². The molecule has 1 N–H and O–H groups in total. The van der Waals surface area contributed by atoms with Gasteiger partial charge in [0, 0.05) is 19.3 Å². The van der Waals surface area contributed by atoms with Crippen LogP contribution in [-0.2, 0) is 9.92 Å². The molecule has 0 amide bonds. The molecule has 3 aromatic rings. The van der Waals surface area contributed by atoms with Crippen molar-refractivity contribution in [2.24, 2.45) is 0 Å². The number of hydrogen-bond acceptors (Lipinski definition) is 4. The van der Waals surface area contributed by atoms with Gasteiger partial charge in [-0.3, -0.25) is 0 Å². The van der Waals surface area contributed by atoms with Crippen LogP contribution >= 0.6 is 0 Å². The van der Waals surface area contributed by atoms with E-state index in [0.717, 1.165) is 12.6 Å². The monoisotopic (exact) mass is 383 g/mol. The van der Waals surface area contributed by atoms with E-state index in [0.29, 0.717) is 9.95 Å². The number of halogens is 3. The Balaban J connectivity index is 2.07. The third-order valence-electron chi connectivity index (χ3n) is 4.04. The molecular formula is C16H16F3N5OS. The number of benzene rings is 1. The van der Waals surface area contributed by atoms with Crippen LogP contribution in [0.5, 0.6) is 0 Å². The largest absolute Gasteiger partial charge is 0.409 e. The second kappa shape index (κ2) is 6.36. The first-order chi connectivity index (χ1) is 12.1. The van der Waals surface area contributed by atoms with Crippen LogP contribution in [0.4, 0.5) is 13.2 Å². The summed E-state index contributed by atoms with van der Waals surface area (Å²) < 4.78 is 64.3. The number of nitrogens with one attached hydrogen (secondary N) is 1. The molecular weight excluding hydrogens is 367 g/mol. The molecule has 0 spiro atoms. The summed E-state index contributed by atoms with van der Waals surface area (Å²) in [6.45, 7) is 1.76. The Labute approximate surface area is 148 Å². The molecule has 1 aromatic carbocycles. The molecule has 0 aliphatic heterocycles. The first kappa shape index (κ1) is 18.3. The Morgan fingerprint density at radius 2 is 1.88 bits per heavy atom. The standard InChI is InChI=1S/C16H16F3N5OS/c1-11-3-5-12(6-4-11)15(16(17,18)19)23(2)26(20,25)13-7-8-24-14(9-13)21-10-22-24/h3-10,15,20H,1-2H3. The van der Waals surface area contributed by atoms with Gasteiger partial charge in [-0.15, -0.1) is 0 Å². The zero-order valence-electron chi connectivity index (χ0n) is 13.9. The minimum atomic E-state index is -4.70. The Morgan fingerprint density at radius 3 is 2.50 bits per heavy atom. The maximum Gasteiger partial charge on any atom is 0.409 e. The van der Waals surface area contributed by atoms with Crippen molar-refractivity contribution in [2.75, 3.05) is 7.05 Å². The van der Waals surface area contributed by atoms with Gasteiger partial charge in [0.15, 0.2) is 5.65 Å². The molecule has 0 bridgehead atoms. The third-order valence-corrected chi connectivity index (χ3v) is 5.96. The predicted molar refractivity (Wildman–Crippen MR) is 89.9 cm³/mol. The number of alkyl halides is 3. The van der Waals surface area contributed by atoms with Gasteiger partial charge in [0.05, 0.1) is 4.90 Å². The SMILES string of the molecule is Cc1ccc(C(N(C)S(=N)(=O)c2ccn3ncnc3c2)C(F)(F)F)cc1. The van der Waals surface area contributed by atoms with Crippen molar-refractivity contribution in [2.45, 2.75) is 24.0 Å². The highest BCUT2D eigenvalue weighted by atomic mass is 32.2. The van der Waals surface area contributed by atoms with Crippen LogP contribution in [0.2, 0.25) is 0 Å². The molecule has 26 heavy (non-hydrogen) atoms. The van der Waals surface area contributed by atoms with Crippen molar-refractivity contribution in [3.05, 3.63) is 60.0 Å². The van der Waals surface area contributed by atoms with E-state index in [4.69, 9.17) is 4.78 Å². The molecule has 0 aliphatic rings. The van der Waals surface area contributed by atoms with E-state index in [1.807, 2.05) is 0 Å². The topological polar surface area (TPSA) is 74.4 Å². The van der Waals surface area contributed by atoms with Gasteiger partial charge in [0.1, 0.15) is 22.3 Å². The maximum atomic E-state index is 13.7. The van der Waals surface area contributed by atoms with E-state index in [1.54, 1.807) is 19.1 Å². The molecule has 138 valence electrons. The van der Waals surface area contributed by atoms with Gasteiger partial charge in [0.25, 0.3) is 0 Å². The van der Waals surface area contributed by atoms with Crippen LogP contribution in [0.3, 0.4) is 0 Å².